The Bertz CT molecular complexity index is 659. The number of aliphatic carboxylic acids is 1. The quantitative estimate of drug-likeness (QED) is 0.820. The summed E-state index contributed by atoms with van der Waals surface area (Å²) in [5, 5.41) is 19.4. The van der Waals surface area contributed by atoms with Gasteiger partial charge in [0.15, 0.2) is 0 Å². The van der Waals surface area contributed by atoms with Crippen molar-refractivity contribution in [1.82, 2.24) is 19.6 Å². The molecule has 0 unspecified atom stereocenters. The Morgan fingerprint density at radius 3 is 2.76 bits per heavy atom. The van der Waals surface area contributed by atoms with Crippen LogP contribution in [0.3, 0.4) is 0 Å². The van der Waals surface area contributed by atoms with Crippen molar-refractivity contribution in [3.05, 3.63) is 29.8 Å². The van der Waals surface area contributed by atoms with Crippen molar-refractivity contribution < 1.29 is 14.7 Å². The van der Waals surface area contributed by atoms with Crippen LogP contribution >= 0.6 is 0 Å². The number of nitrogens with zero attached hydrogens (tertiary/aromatic N) is 4. The van der Waals surface area contributed by atoms with Gasteiger partial charge in [0.2, 0.25) is 5.91 Å². The largest absolute Gasteiger partial charge is 0.480 e. The van der Waals surface area contributed by atoms with Crippen LogP contribution in [0.2, 0.25) is 0 Å². The molecular weight excluding hydrogens is 274 g/mol. The molecule has 8 nitrogen and oxygen atoms in total. The summed E-state index contributed by atoms with van der Waals surface area (Å²) in [5.74, 6) is -1.15. The minimum atomic E-state index is -0.986. The summed E-state index contributed by atoms with van der Waals surface area (Å²) >= 11 is 0. The zero-order valence-electron chi connectivity index (χ0n) is 11.9. The molecule has 2 aromatic rings. The molecule has 0 bridgehead atoms. The van der Waals surface area contributed by atoms with Crippen molar-refractivity contribution in [2.45, 2.75) is 33.4 Å². The molecule has 0 aromatic carbocycles. The van der Waals surface area contributed by atoms with Crippen LogP contribution in [0.5, 0.6) is 0 Å². The van der Waals surface area contributed by atoms with Gasteiger partial charge >= 0.3 is 5.97 Å². The van der Waals surface area contributed by atoms with Crippen LogP contribution in [0.25, 0.3) is 0 Å². The molecule has 2 rings (SSSR count). The molecule has 2 N–H and O–H groups in total. The lowest BCUT2D eigenvalue weighted by molar-refractivity contribution is -0.137. The molecule has 0 saturated heterocycles. The second-order valence-corrected chi connectivity index (χ2v) is 4.77. The minimum absolute atomic E-state index is 0.169. The first-order chi connectivity index (χ1) is 9.94. The lowest BCUT2D eigenvalue weighted by atomic mass is 10.3. The smallest absolute Gasteiger partial charge is 0.325 e. The molecule has 112 valence electrons. The van der Waals surface area contributed by atoms with Crippen LogP contribution in [0.15, 0.2) is 18.5 Å². The summed E-state index contributed by atoms with van der Waals surface area (Å²) in [6.07, 6.45) is 3.19. The van der Waals surface area contributed by atoms with Crippen molar-refractivity contribution >= 4 is 17.6 Å². The average Bonchev–Trinajstić information content (AvgIpc) is 2.93. The zero-order valence-corrected chi connectivity index (χ0v) is 11.9. The van der Waals surface area contributed by atoms with Gasteiger partial charge in [0.1, 0.15) is 6.54 Å². The SMILES string of the molecule is Cc1cc(C)n(CCC(=O)Nc2cnn(CC(=O)O)c2)n1. The second kappa shape index (κ2) is 6.21. The van der Waals surface area contributed by atoms with E-state index in [0.717, 1.165) is 11.4 Å². The molecule has 0 radical (unpaired) electrons. The maximum Gasteiger partial charge on any atom is 0.325 e. The van der Waals surface area contributed by atoms with E-state index in [-0.39, 0.29) is 18.9 Å². The number of aryl methyl sites for hydroxylation is 3. The Morgan fingerprint density at radius 2 is 2.14 bits per heavy atom. The first-order valence-corrected chi connectivity index (χ1v) is 6.49. The van der Waals surface area contributed by atoms with E-state index in [1.165, 1.54) is 17.1 Å². The molecule has 0 spiro atoms. The van der Waals surface area contributed by atoms with Crippen molar-refractivity contribution in [3.63, 3.8) is 0 Å². The molecule has 1 amide bonds. The van der Waals surface area contributed by atoms with E-state index in [9.17, 15) is 9.59 Å². The van der Waals surface area contributed by atoms with E-state index < -0.39 is 5.97 Å². The molecule has 0 aliphatic heterocycles. The molecule has 2 aromatic heterocycles. The Balaban J connectivity index is 1.85. The van der Waals surface area contributed by atoms with Crippen LogP contribution in [0.1, 0.15) is 17.8 Å². The Hall–Kier alpha value is -2.64. The highest BCUT2D eigenvalue weighted by Gasteiger charge is 2.08. The van der Waals surface area contributed by atoms with Gasteiger partial charge in [0.25, 0.3) is 0 Å². The number of carboxylic acids is 1. The van der Waals surface area contributed by atoms with Gasteiger partial charge < -0.3 is 10.4 Å². The van der Waals surface area contributed by atoms with Crippen LogP contribution in [0, 0.1) is 13.8 Å². The maximum absolute atomic E-state index is 11.8. The molecule has 0 saturated carbocycles. The summed E-state index contributed by atoms with van der Waals surface area (Å²) in [5.41, 5.74) is 2.41. The van der Waals surface area contributed by atoms with Crippen LogP contribution in [-0.4, -0.2) is 36.5 Å². The second-order valence-electron chi connectivity index (χ2n) is 4.77. The number of hydrogen-bond donors (Lipinski definition) is 2. The lowest BCUT2D eigenvalue weighted by Gasteiger charge is -2.04. The maximum atomic E-state index is 11.8. The molecule has 8 heteroatoms. The van der Waals surface area contributed by atoms with Gasteiger partial charge in [-0.1, -0.05) is 0 Å². The number of rotatable bonds is 6. The molecule has 2 heterocycles. The highest BCUT2D eigenvalue weighted by Crippen LogP contribution is 2.07. The van der Waals surface area contributed by atoms with Crippen molar-refractivity contribution in [3.8, 4) is 0 Å². The third-order valence-corrected chi connectivity index (χ3v) is 2.87. The predicted octanol–water partition coefficient (Wildman–Crippen LogP) is 0.810. The van der Waals surface area contributed by atoms with E-state index in [1.807, 2.05) is 19.9 Å². The average molecular weight is 291 g/mol. The first kappa shape index (κ1) is 14.8. The third kappa shape index (κ3) is 4.16. The Kier molecular flexibility index (Phi) is 4.36. The molecule has 0 aliphatic rings. The highest BCUT2D eigenvalue weighted by molar-refractivity contribution is 5.90. The third-order valence-electron chi connectivity index (χ3n) is 2.87. The zero-order chi connectivity index (χ0) is 15.4. The van der Waals surface area contributed by atoms with Crippen LogP contribution < -0.4 is 5.32 Å². The monoisotopic (exact) mass is 291 g/mol. The van der Waals surface area contributed by atoms with Crippen molar-refractivity contribution in [2.24, 2.45) is 0 Å². The van der Waals surface area contributed by atoms with Gasteiger partial charge in [-0.2, -0.15) is 10.2 Å². The number of aromatic nitrogens is 4. The van der Waals surface area contributed by atoms with E-state index in [2.05, 4.69) is 15.5 Å². The first-order valence-electron chi connectivity index (χ1n) is 6.49. The number of carboxylic acid groups (broad SMARTS) is 1. The predicted molar refractivity (Wildman–Crippen MR) is 74.8 cm³/mol. The topological polar surface area (TPSA) is 102 Å². The van der Waals surface area contributed by atoms with E-state index in [0.29, 0.717) is 12.2 Å². The normalized spacial score (nSPS) is 10.6. The standard InChI is InChI=1S/C13H17N5O3/c1-9-5-10(2)18(16-9)4-3-12(19)15-11-6-14-17(7-11)8-13(20)21/h5-7H,3-4,8H2,1-2H3,(H,15,19)(H,20,21). The van der Waals surface area contributed by atoms with Crippen LogP contribution in [-0.2, 0) is 22.7 Å². The fourth-order valence-corrected chi connectivity index (χ4v) is 1.99. The van der Waals surface area contributed by atoms with Gasteiger partial charge in [-0.15, -0.1) is 0 Å². The van der Waals surface area contributed by atoms with E-state index in [1.54, 1.807) is 4.68 Å². The fourth-order valence-electron chi connectivity index (χ4n) is 1.99. The number of nitrogens with one attached hydrogen (secondary N) is 1. The van der Waals surface area contributed by atoms with Crippen LogP contribution in [0.4, 0.5) is 5.69 Å². The number of hydrogen-bond acceptors (Lipinski definition) is 4. The molecule has 0 atom stereocenters. The lowest BCUT2D eigenvalue weighted by Crippen LogP contribution is -2.15. The molecular formula is C13H17N5O3. The number of amides is 1. The number of carbonyl (C=O) groups is 2. The number of carbonyl (C=O) groups excluding carboxylic acids is 1. The Labute approximate surface area is 121 Å². The molecule has 21 heavy (non-hydrogen) atoms. The van der Waals surface area contributed by atoms with Crippen molar-refractivity contribution in [2.75, 3.05) is 5.32 Å². The number of anilines is 1. The molecule has 0 fully saturated rings. The van der Waals surface area contributed by atoms with Gasteiger partial charge in [-0.25, -0.2) is 0 Å². The van der Waals surface area contributed by atoms with Gasteiger partial charge in [-0.3, -0.25) is 19.0 Å². The Morgan fingerprint density at radius 1 is 1.38 bits per heavy atom. The minimum Gasteiger partial charge on any atom is -0.480 e. The van der Waals surface area contributed by atoms with Gasteiger partial charge in [0.05, 0.1) is 17.6 Å². The summed E-state index contributed by atoms with van der Waals surface area (Å²) in [6.45, 7) is 4.10. The van der Waals surface area contributed by atoms with E-state index in [4.69, 9.17) is 5.11 Å². The summed E-state index contributed by atoms with van der Waals surface area (Å²) in [6, 6.07) is 1.95. The van der Waals surface area contributed by atoms with Gasteiger partial charge in [0, 0.05) is 24.9 Å². The van der Waals surface area contributed by atoms with E-state index >= 15 is 0 Å². The fraction of sp³-hybridized carbons (Fsp3) is 0.385. The summed E-state index contributed by atoms with van der Waals surface area (Å²) in [4.78, 5) is 22.4. The van der Waals surface area contributed by atoms with Gasteiger partial charge in [-0.05, 0) is 19.9 Å². The molecule has 0 aliphatic carbocycles. The summed E-state index contributed by atoms with van der Waals surface area (Å²) in [7, 11) is 0. The summed E-state index contributed by atoms with van der Waals surface area (Å²) < 4.78 is 3.03. The highest BCUT2D eigenvalue weighted by atomic mass is 16.4. The van der Waals surface area contributed by atoms with Crippen molar-refractivity contribution in [1.29, 1.82) is 0 Å².